The average Bonchev–Trinajstić information content (AvgIpc) is 2.68. The maximum Gasteiger partial charge on any atom is 0.191 e. The summed E-state index contributed by atoms with van der Waals surface area (Å²) in [7, 11) is 0. The molecule has 0 amide bonds. The third-order valence-corrected chi connectivity index (χ3v) is 6.10. The van der Waals surface area contributed by atoms with Gasteiger partial charge >= 0.3 is 0 Å². The molecule has 0 radical (unpaired) electrons. The smallest absolute Gasteiger partial charge is 0.191 e. The Morgan fingerprint density at radius 3 is 2.19 bits per heavy atom. The van der Waals surface area contributed by atoms with Crippen molar-refractivity contribution in [1.29, 1.82) is 0 Å². The van der Waals surface area contributed by atoms with E-state index >= 15 is 0 Å². The van der Waals surface area contributed by atoms with Crippen molar-refractivity contribution < 1.29 is 5.11 Å². The van der Waals surface area contributed by atoms with E-state index in [9.17, 15) is 5.11 Å². The number of rotatable bonds is 11. The molecule has 0 spiro atoms. The first kappa shape index (κ1) is 26.9. The molecule has 1 saturated heterocycles. The predicted molar refractivity (Wildman–Crippen MR) is 127 cm³/mol. The topological polar surface area (TPSA) is 63.1 Å². The van der Waals surface area contributed by atoms with E-state index in [1.54, 1.807) is 0 Å². The van der Waals surface area contributed by atoms with E-state index in [1.165, 1.54) is 13.1 Å². The van der Waals surface area contributed by atoms with E-state index in [4.69, 9.17) is 4.99 Å². The maximum atomic E-state index is 9.40. The summed E-state index contributed by atoms with van der Waals surface area (Å²) >= 11 is 0. The highest BCUT2D eigenvalue weighted by Crippen LogP contribution is 2.30. The summed E-state index contributed by atoms with van der Waals surface area (Å²) in [5.74, 6) is 0.899. The van der Waals surface area contributed by atoms with Crippen LogP contribution in [0.25, 0.3) is 0 Å². The van der Waals surface area contributed by atoms with Crippen LogP contribution >= 0.6 is 24.0 Å². The highest BCUT2D eigenvalue weighted by molar-refractivity contribution is 14.0. The van der Waals surface area contributed by atoms with Crippen molar-refractivity contribution >= 4 is 29.9 Å². The predicted octanol–water partition coefficient (Wildman–Crippen LogP) is 2.37. The van der Waals surface area contributed by atoms with Crippen LogP contribution in [0.15, 0.2) is 4.99 Å². The summed E-state index contributed by atoms with van der Waals surface area (Å²) in [6.45, 7) is 19.6. The number of aliphatic hydroxyl groups excluding tert-OH is 1. The zero-order valence-corrected chi connectivity index (χ0v) is 20.6. The summed E-state index contributed by atoms with van der Waals surface area (Å²) < 4.78 is 0. The van der Waals surface area contributed by atoms with E-state index in [1.807, 2.05) is 0 Å². The van der Waals surface area contributed by atoms with Gasteiger partial charge in [-0.3, -0.25) is 9.89 Å². The quantitative estimate of drug-likeness (QED) is 0.233. The highest BCUT2D eigenvalue weighted by Gasteiger charge is 2.25. The van der Waals surface area contributed by atoms with Crippen molar-refractivity contribution in [2.24, 2.45) is 10.4 Å². The number of aliphatic hydroxyl groups is 1. The number of likely N-dealkylation sites (N-methyl/N-ethyl adjacent to an activating group) is 1. The van der Waals surface area contributed by atoms with Gasteiger partial charge in [-0.2, -0.15) is 0 Å². The zero-order chi connectivity index (χ0) is 19.4. The van der Waals surface area contributed by atoms with Crippen LogP contribution in [0, 0.1) is 5.41 Å². The summed E-state index contributed by atoms with van der Waals surface area (Å²) in [5.41, 5.74) is 0.110. The molecule has 1 heterocycles. The largest absolute Gasteiger partial charge is 0.396 e. The van der Waals surface area contributed by atoms with Crippen molar-refractivity contribution in [1.82, 2.24) is 20.4 Å². The lowest BCUT2D eigenvalue weighted by molar-refractivity contribution is 0.107. The minimum atomic E-state index is 0. The van der Waals surface area contributed by atoms with E-state index < -0.39 is 0 Å². The lowest BCUT2D eigenvalue weighted by Gasteiger charge is -2.37. The van der Waals surface area contributed by atoms with E-state index in [2.05, 4.69) is 55.1 Å². The van der Waals surface area contributed by atoms with Gasteiger partial charge in [0.15, 0.2) is 5.96 Å². The molecule has 7 heteroatoms. The molecule has 1 unspecified atom stereocenters. The minimum Gasteiger partial charge on any atom is -0.396 e. The fourth-order valence-electron chi connectivity index (χ4n) is 3.63. The maximum absolute atomic E-state index is 9.40. The number of guanidine groups is 1. The molecule has 0 aromatic heterocycles. The molecule has 6 nitrogen and oxygen atoms in total. The highest BCUT2D eigenvalue weighted by atomic mass is 127. The van der Waals surface area contributed by atoms with Gasteiger partial charge in [0.1, 0.15) is 0 Å². The summed E-state index contributed by atoms with van der Waals surface area (Å²) in [6.07, 6.45) is 2.91. The standard InChI is InChI=1S/C20H43N5O.HI/c1-6-20(7-2,10-15-26)17-23-19(21-8-3)22-16-18(5)25-13-11-24(9-4)12-14-25;/h18,26H,6-17H2,1-5H3,(H2,21,22,23);1H. The molecule has 1 rings (SSSR count). The first-order chi connectivity index (χ1) is 12.5. The second-order valence-electron chi connectivity index (χ2n) is 7.58. The number of halogens is 1. The Hall–Kier alpha value is -0.120. The molecule has 0 aromatic rings. The molecule has 1 atom stereocenters. The van der Waals surface area contributed by atoms with Crippen LogP contribution < -0.4 is 10.6 Å². The van der Waals surface area contributed by atoms with Crippen LogP contribution in [0.2, 0.25) is 0 Å². The second kappa shape index (κ2) is 14.8. The van der Waals surface area contributed by atoms with Crippen molar-refractivity contribution in [2.45, 2.75) is 59.9 Å². The lowest BCUT2D eigenvalue weighted by atomic mass is 9.79. The van der Waals surface area contributed by atoms with Gasteiger partial charge in [0, 0.05) is 58.5 Å². The fourth-order valence-corrected chi connectivity index (χ4v) is 3.63. The van der Waals surface area contributed by atoms with Gasteiger partial charge in [-0.05, 0) is 45.1 Å². The SMILES string of the molecule is CCNC(=NCC(CC)(CC)CCO)NCC(C)N1CCN(CC)CC1.I. The molecule has 1 aliphatic heterocycles. The number of nitrogens with one attached hydrogen (secondary N) is 2. The van der Waals surface area contributed by atoms with E-state index in [-0.39, 0.29) is 36.0 Å². The number of hydrogen-bond acceptors (Lipinski definition) is 4. The summed E-state index contributed by atoms with van der Waals surface area (Å²) in [5, 5.41) is 16.3. The van der Waals surface area contributed by atoms with Gasteiger partial charge in [0.25, 0.3) is 0 Å². The van der Waals surface area contributed by atoms with E-state index in [0.29, 0.717) is 6.04 Å². The number of nitrogens with zero attached hydrogens (tertiary/aromatic N) is 3. The molecular weight excluding hydrogens is 453 g/mol. The van der Waals surface area contributed by atoms with Crippen molar-refractivity contribution in [3.8, 4) is 0 Å². The Balaban J connectivity index is 0.00000676. The Morgan fingerprint density at radius 2 is 1.70 bits per heavy atom. The van der Waals surface area contributed by atoms with Crippen molar-refractivity contribution in [2.75, 3.05) is 59.0 Å². The Morgan fingerprint density at radius 1 is 1.07 bits per heavy atom. The van der Waals surface area contributed by atoms with Gasteiger partial charge < -0.3 is 20.6 Å². The first-order valence-corrected chi connectivity index (χ1v) is 10.6. The molecule has 27 heavy (non-hydrogen) atoms. The van der Waals surface area contributed by atoms with Crippen molar-refractivity contribution in [3.05, 3.63) is 0 Å². The molecule has 162 valence electrons. The zero-order valence-electron chi connectivity index (χ0n) is 18.3. The first-order valence-electron chi connectivity index (χ1n) is 10.6. The Bertz CT molecular complexity index is 396. The Labute approximate surface area is 184 Å². The average molecular weight is 498 g/mol. The lowest BCUT2D eigenvalue weighted by Crippen LogP contribution is -2.53. The van der Waals surface area contributed by atoms with Crippen LogP contribution in [-0.4, -0.2) is 85.9 Å². The normalized spacial score (nSPS) is 18.1. The number of hydrogen-bond donors (Lipinski definition) is 3. The van der Waals surface area contributed by atoms with Crippen LogP contribution in [0.1, 0.15) is 53.9 Å². The van der Waals surface area contributed by atoms with Crippen LogP contribution in [-0.2, 0) is 0 Å². The molecule has 3 N–H and O–H groups in total. The third kappa shape index (κ3) is 9.28. The van der Waals surface area contributed by atoms with Gasteiger partial charge in [0.05, 0.1) is 0 Å². The van der Waals surface area contributed by atoms with Gasteiger partial charge in [-0.15, -0.1) is 24.0 Å². The Kier molecular flexibility index (Phi) is 14.8. The van der Waals surface area contributed by atoms with Gasteiger partial charge in [-0.25, -0.2) is 0 Å². The number of aliphatic imine (C=N–C) groups is 1. The third-order valence-electron chi connectivity index (χ3n) is 6.10. The second-order valence-corrected chi connectivity index (χ2v) is 7.58. The fraction of sp³-hybridized carbons (Fsp3) is 0.950. The van der Waals surface area contributed by atoms with Crippen molar-refractivity contribution in [3.63, 3.8) is 0 Å². The number of piperazine rings is 1. The molecule has 0 bridgehead atoms. The monoisotopic (exact) mass is 497 g/mol. The van der Waals surface area contributed by atoms with E-state index in [0.717, 1.165) is 64.5 Å². The van der Waals surface area contributed by atoms with Crippen LogP contribution in [0.4, 0.5) is 0 Å². The molecule has 0 aromatic carbocycles. The van der Waals surface area contributed by atoms with Gasteiger partial charge in [0.2, 0.25) is 0 Å². The molecule has 1 aliphatic rings. The summed E-state index contributed by atoms with van der Waals surface area (Å²) in [4.78, 5) is 9.92. The van der Waals surface area contributed by atoms with Crippen LogP contribution in [0.3, 0.4) is 0 Å². The molecule has 1 fully saturated rings. The molecule has 0 aliphatic carbocycles. The van der Waals surface area contributed by atoms with Gasteiger partial charge in [-0.1, -0.05) is 20.8 Å². The minimum absolute atomic E-state index is 0. The summed E-state index contributed by atoms with van der Waals surface area (Å²) in [6, 6.07) is 0.498. The molecule has 0 saturated carbocycles. The molecular formula is C20H44IN5O. The van der Waals surface area contributed by atoms with Crippen LogP contribution in [0.5, 0.6) is 0 Å².